The Morgan fingerprint density at radius 1 is 0.912 bits per heavy atom. The van der Waals surface area contributed by atoms with Crippen molar-refractivity contribution >= 4 is 23.4 Å². The molecule has 0 aliphatic heterocycles. The van der Waals surface area contributed by atoms with Gasteiger partial charge in [0, 0.05) is 31.3 Å². The standard InChI is InChI=1S/C28H31ClN2O3/c1-2-34-19-9-18-30-28(33)27(24-12-7-4-8-13-24)31(21-23-10-5-3-6-11-23)26(32)20-22-14-16-25(29)17-15-22/h3-8,10-17,27H,2,9,18-21H2,1H3,(H,30,33)/t27-/m1/s1. The summed E-state index contributed by atoms with van der Waals surface area (Å²) >= 11 is 6.01. The smallest absolute Gasteiger partial charge is 0.247 e. The normalized spacial score (nSPS) is 11.6. The largest absolute Gasteiger partial charge is 0.382 e. The number of hydrogen-bond acceptors (Lipinski definition) is 3. The number of ether oxygens (including phenoxy) is 1. The lowest BCUT2D eigenvalue weighted by Crippen LogP contribution is -2.44. The van der Waals surface area contributed by atoms with Crippen LogP contribution in [0.15, 0.2) is 84.9 Å². The fraction of sp³-hybridized carbons (Fsp3) is 0.286. The van der Waals surface area contributed by atoms with Crippen molar-refractivity contribution in [3.8, 4) is 0 Å². The molecule has 5 nitrogen and oxygen atoms in total. The Balaban J connectivity index is 1.88. The molecule has 0 spiro atoms. The van der Waals surface area contributed by atoms with Crippen LogP contribution >= 0.6 is 11.6 Å². The van der Waals surface area contributed by atoms with Gasteiger partial charge in [-0.3, -0.25) is 9.59 Å². The van der Waals surface area contributed by atoms with Crippen LogP contribution in [0.2, 0.25) is 5.02 Å². The van der Waals surface area contributed by atoms with Gasteiger partial charge in [-0.25, -0.2) is 0 Å². The molecule has 1 atom stereocenters. The molecule has 1 N–H and O–H groups in total. The van der Waals surface area contributed by atoms with Crippen LogP contribution in [0.5, 0.6) is 0 Å². The van der Waals surface area contributed by atoms with E-state index in [2.05, 4.69) is 5.32 Å². The summed E-state index contributed by atoms with van der Waals surface area (Å²) in [6, 6.07) is 25.6. The number of nitrogens with one attached hydrogen (secondary N) is 1. The molecule has 2 amide bonds. The van der Waals surface area contributed by atoms with E-state index < -0.39 is 6.04 Å². The van der Waals surface area contributed by atoms with E-state index in [0.29, 0.717) is 37.7 Å². The first-order chi connectivity index (χ1) is 16.6. The van der Waals surface area contributed by atoms with Crippen molar-refractivity contribution < 1.29 is 14.3 Å². The summed E-state index contributed by atoms with van der Waals surface area (Å²) in [5.41, 5.74) is 2.57. The van der Waals surface area contributed by atoms with Gasteiger partial charge < -0.3 is 15.0 Å². The van der Waals surface area contributed by atoms with Crippen molar-refractivity contribution in [2.24, 2.45) is 0 Å². The Morgan fingerprint density at radius 3 is 2.21 bits per heavy atom. The lowest BCUT2D eigenvalue weighted by atomic mass is 10.0. The highest BCUT2D eigenvalue weighted by molar-refractivity contribution is 6.30. The van der Waals surface area contributed by atoms with Gasteiger partial charge in [0.2, 0.25) is 11.8 Å². The fourth-order valence-electron chi connectivity index (χ4n) is 3.72. The zero-order valence-corrected chi connectivity index (χ0v) is 20.2. The van der Waals surface area contributed by atoms with E-state index in [1.54, 1.807) is 17.0 Å². The summed E-state index contributed by atoms with van der Waals surface area (Å²) in [7, 11) is 0. The number of carbonyl (C=O) groups is 2. The van der Waals surface area contributed by atoms with E-state index in [9.17, 15) is 9.59 Å². The van der Waals surface area contributed by atoms with Gasteiger partial charge in [0.15, 0.2) is 0 Å². The van der Waals surface area contributed by atoms with Crippen LogP contribution in [0.3, 0.4) is 0 Å². The van der Waals surface area contributed by atoms with Crippen molar-refractivity contribution in [2.75, 3.05) is 19.8 Å². The van der Waals surface area contributed by atoms with E-state index in [1.165, 1.54) is 0 Å². The zero-order chi connectivity index (χ0) is 24.2. The third kappa shape index (κ3) is 7.72. The summed E-state index contributed by atoms with van der Waals surface area (Å²) in [5, 5.41) is 3.62. The molecule has 6 heteroatoms. The number of halogens is 1. The summed E-state index contributed by atoms with van der Waals surface area (Å²) in [5.74, 6) is -0.340. The average Bonchev–Trinajstić information content (AvgIpc) is 2.86. The highest BCUT2D eigenvalue weighted by Gasteiger charge is 2.31. The molecule has 0 aliphatic rings. The second kappa shape index (κ2) is 13.5. The summed E-state index contributed by atoms with van der Waals surface area (Å²) < 4.78 is 5.37. The monoisotopic (exact) mass is 478 g/mol. The highest BCUT2D eigenvalue weighted by Crippen LogP contribution is 2.25. The molecular weight excluding hydrogens is 448 g/mol. The minimum Gasteiger partial charge on any atom is -0.382 e. The molecule has 0 fully saturated rings. The van der Waals surface area contributed by atoms with Gasteiger partial charge in [0.1, 0.15) is 6.04 Å². The van der Waals surface area contributed by atoms with Crippen molar-refractivity contribution in [3.05, 3.63) is 107 Å². The summed E-state index contributed by atoms with van der Waals surface area (Å²) in [6.45, 7) is 3.96. The molecule has 0 saturated carbocycles. The Bertz CT molecular complexity index is 1030. The molecule has 34 heavy (non-hydrogen) atoms. The zero-order valence-electron chi connectivity index (χ0n) is 19.5. The maximum atomic E-state index is 13.6. The molecule has 0 unspecified atom stereocenters. The molecule has 178 valence electrons. The first-order valence-corrected chi connectivity index (χ1v) is 11.9. The van der Waals surface area contributed by atoms with Gasteiger partial charge in [-0.05, 0) is 42.2 Å². The van der Waals surface area contributed by atoms with Crippen LogP contribution in [0.4, 0.5) is 0 Å². The minimum atomic E-state index is -0.756. The van der Waals surface area contributed by atoms with E-state index in [-0.39, 0.29) is 18.2 Å². The van der Waals surface area contributed by atoms with Gasteiger partial charge in [-0.15, -0.1) is 0 Å². The SMILES string of the molecule is CCOCCCNC(=O)[C@@H](c1ccccc1)N(Cc1ccccc1)C(=O)Cc1ccc(Cl)cc1. The number of amides is 2. The van der Waals surface area contributed by atoms with Gasteiger partial charge in [-0.1, -0.05) is 84.4 Å². The van der Waals surface area contributed by atoms with Crippen LogP contribution in [0, 0.1) is 0 Å². The van der Waals surface area contributed by atoms with Gasteiger partial charge in [-0.2, -0.15) is 0 Å². The third-order valence-corrected chi connectivity index (χ3v) is 5.68. The van der Waals surface area contributed by atoms with Gasteiger partial charge >= 0.3 is 0 Å². The third-order valence-electron chi connectivity index (χ3n) is 5.43. The van der Waals surface area contributed by atoms with Crippen molar-refractivity contribution in [2.45, 2.75) is 32.4 Å². The van der Waals surface area contributed by atoms with Crippen LogP contribution < -0.4 is 5.32 Å². The molecule has 0 bridgehead atoms. The minimum absolute atomic E-state index is 0.135. The first-order valence-electron chi connectivity index (χ1n) is 11.6. The number of nitrogens with zero attached hydrogens (tertiary/aromatic N) is 1. The van der Waals surface area contributed by atoms with Crippen molar-refractivity contribution in [3.63, 3.8) is 0 Å². The summed E-state index contributed by atoms with van der Waals surface area (Å²) in [4.78, 5) is 28.7. The lowest BCUT2D eigenvalue weighted by molar-refractivity contribution is -0.141. The molecule has 0 radical (unpaired) electrons. The first kappa shape index (κ1) is 25.5. The summed E-state index contributed by atoms with van der Waals surface area (Å²) in [6.07, 6.45) is 0.878. The van der Waals surface area contributed by atoms with Crippen LogP contribution in [0.1, 0.15) is 36.1 Å². The van der Waals surface area contributed by atoms with E-state index >= 15 is 0 Å². The molecule has 0 aromatic heterocycles. The van der Waals surface area contributed by atoms with Crippen LogP contribution in [-0.2, 0) is 27.3 Å². The van der Waals surface area contributed by atoms with Gasteiger partial charge in [0.05, 0.1) is 6.42 Å². The van der Waals surface area contributed by atoms with Crippen LogP contribution in [0.25, 0.3) is 0 Å². The maximum absolute atomic E-state index is 13.6. The van der Waals surface area contributed by atoms with Gasteiger partial charge in [0.25, 0.3) is 0 Å². The number of carbonyl (C=O) groups excluding carboxylic acids is 2. The highest BCUT2D eigenvalue weighted by atomic mass is 35.5. The Kier molecular flexibility index (Phi) is 10.1. The molecule has 0 heterocycles. The average molecular weight is 479 g/mol. The van der Waals surface area contributed by atoms with Crippen LogP contribution in [-0.4, -0.2) is 36.5 Å². The van der Waals surface area contributed by atoms with Crippen molar-refractivity contribution in [1.82, 2.24) is 10.2 Å². The number of rotatable bonds is 12. The Labute approximate surface area is 206 Å². The fourth-order valence-corrected chi connectivity index (χ4v) is 3.84. The second-order valence-corrected chi connectivity index (χ2v) is 8.40. The van der Waals surface area contributed by atoms with E-state index in [1.807, 2.05) is 79.7 Å². The Hall–Kier alpha value is -3.15. The predicted octanol–water partition coefficient (Wildman–Crippen LogP) is 5.20. The molecule has 3 aromatic carbocycles. The number of benzene rings is 3. The van der Waals surface area contributed by atoms with Crippen molar-refractivity contribution in [1.29, 1.82) is 0 Å². The second-order valence-electron chi connectivity index (χ2n) is 7.97. The predicted molar refractivity (Wildman–Crippen MR) is 135 cm³/mol. The molecule has 0 aliphatic carbocycles. The lowest BCUT2D eigenvalue weighted by Gasteiger charge is -2.32. The topological polar surface area (TPSA) is 58.6 Å². The van der Waals surface area contributed by atoms with E-state index in [4.69, 9.17) is 16.3 Å². The molecule has 3 rings (SSSR count). The molecular formula is C28H31ClN2O3. The Morgan fingerprint density at radius 2 is 1.56 bits per heavy atom. The van der Waals surface area contributed by atoms with E-state index in [0.717, 1.165) is 16.7 Å². The number of hydrogen-bond donors (Lipinski definition) is 1. The maximum Gasteiger partial charge on any atom is 0.247 e. The quantitative estimate of drug-likeness (QED) is 0.364. The molecule has 0 saturated heterocycles. The molecule has 3 aromatic rings.